The number of hydrogen-bond donors (Lipinski definition) is 0. The summed E-state index contributed by atoms with van der Waals surface area (Å²) in [6.07, 6.45) is 2.79. The van der Waals surface area contributed by atoms with E-state index in [9.17, 15) is 22.8 Å². The first-order chi connectivity index (χ1) is 11.5. The van der Waals surface area contributed by atoms with Crippen LogP contribution in [0.1, 0.15) is 43.0 Å². The predicted molar refractivity (Wildman–Crippen MR) is 82.9 cm³/mol. The summed E-state index contributed by atoms with van der Waals surface area (Å²) in [5.74, 6) is -5.08. The van der Waals surface area contributed by atoms with Crippen LogP contribution in [0.5, 0.6) is 0 Å². The number of carbonyl (C=O) groups is 2. The van der Waals surface area contributed by atoms with Gasteiger partial charge in [-0.25, -0.2) is 13.2 Å². The van der Waals surface area contributed by atoms with Crippen molar-refractivity contribution in [2.75, 3.05) is 26.2 Å². The summed E-state index contributed by atoms with van der Waals surface area (Å²) in [4.78, 5) is 27.5. The average Bonchev–Trinajstić information content (AvgIpc) is 2.83. The summed E-state index contributed by atoms with van der Waals surface area (Å²) < 4.78 is 40.1. The zero-order chi connectivity index (χ0) is 17.7. The second-order valence-corrected chi connectivity index (χ2v) is 5.85. The summed E-state index contributed by atoms with van der Waals surface area (Å²) in [6, 6.07) is 1.69. The van der Waals surface area contributed by atoms with Crippen molar-refractivity contribution >= 4 is 11.8 Å². The highest BCUT2D eigenvalue weighted by atomic mass is 19.2. The Balaban J connectivity index is 2.05. The molecule has 0 saturated carbocycles. The van der Waals surface area contributed by atoms with E-state index in [4.69, 9.17) is 0 Å². The van der Waals surface area contributed by atoms with Crippen molar-refractivity contribution in [1.29, 1.82) is 0 Å². The Bertz CT molecular complexity index is 622. The second kappa shape index (κ2) is 8.17. The maximum Gasteiger partial charge on any atom is 0.257 e. The molecule has 0 radical (unpaired) electrons. The largest absolute Gasteiger partial charge is 0.341 e. The lowest BCUT2D eigenvalue weighted by Crippen LogP contribution is -2.37. The number of amides is 2. The Kier molecular flexibility index (Phi) is 6.23. The summed E-state index contributed by atoms with van der Waals surface area (Å²) in [7, 11) is 0. The van der Waals surface area contributed by atoms with Gasteiger partial charge in [-0.1, -0.05) is 13.3 Å². The molecule has 1 fully saturated rings. The molecule has 2 amide bonds. The molecule has 0 bridgehead atoms. The van der Waals surface area contributed by atoms with Gasteiger partial charge >= 0.3 is 0 Å². The Morgan fingerprint density at radius 3 is 2.38 bits per heavy atom. The summed E-state index contributed by atoms with van der Waals surface area (Å²) >= 11 is 0. The molecule has 4 nitrogen and oxygen atoms in total. The Hall–Kier alpha value is -2.05. The smallest absolute Gasteiger partial charge is 0.257 e. The molecule has 132 valence electrons. The van der Waals surface area contributed by atoms with E-state index in [1.165, 1.54) is 4.90 Å². The fraction of sp³-hybridized carbons (Fsp3) is 0.529. The first-order valence-corrected chi connectivity index (χ1v) is 8.16. The van der Waals surface area contributed by atoms with Gasteiger partial charge < -0.3 is 9.80 Å². The monoisotopic (exact) mass is 342 g/mol. The number of nitrogens with zero attached hydrogens (tertiary/aromatic N) is 2. The maximum absolute atomic E-state index is 13.8. The van der Waals surface area contributed by atoms with Gasteiger partial charge in [-0.05, 0) is 25.0 Å². The molecule has 7 heteroatoms. The number of benzene rings is 1. The minimum Gasteiger partial charge on any atom is -0.341 e. The number of unbranched alkanes of at least 4 members (excludes halogenated alkanes) is 1. The minimum absolute atomic E-state index is 0.0464. The molecule has 0 aliphatic carbocycles. The molecular weight excluding hydrogens is 321 g/mol. The Morgan fingerprint density at radius 2 is 1.67 bits per heavy atom. The molecule has 1 heterocycles. The van der Waals surface area contributed by atoms with Crippen LogP contribution in [0.4, 0.5) is 13.2 Å². The molecule has 1 aliphatic heterocycles. The van der Waals surface area contributed by atoms with E-state index in [0.29, 0.717) is 32.5 Å². The van der Waals surface area contributed by atoms with E-state index in [2.05, 4.69) is 0 Å². The van der Waals surface area contributed by atoms with Crippen LogP contribution in [0.25, 0.3) is 0 Å². The second-order valence-electron chi connectivity index (χ2n) is 5.85. The van der Waals surface area contributed by atoms with Gasteiger partial charge in [0.1, 0.15) is 0 Å². The quantitative estimate of drug-likeness (QED) is 0.790. The number of hydrogen-bond acceptors (Lipinski definition) is 2. The van der Waals surface area contributed by atoms with Gasteiger partial charge in [0.15, 0.2) is 17.5 Å². The van der Waals surface area contributed by atoms with Crippen molar-refractivity contribution in [1.82, 2.24) is 9.80 Å². The van der Waals surface area contributed by atoms with Crippen molar-refractivity contribution in [2.24, 2.45) is 0 Å². The zero-order valence-corrected chi connectivity index (χ0v) is 13.7. The molecule has 2 rings (SSSR count). The molecule has 1 aromatic rings. The van der Waals surface area contributed by atoms with Crippen LogP contribution in [0.2, 0.25) is 0 Å². The topological polar surface area (TPSA) is 40.6 Å². The Labute approximate surface area is 139 Å². The third-order valence-corrected chi connectivity index (χ3v) is 4.15. The first kappa shape index (κ1) is 18.3. The van der Waals surface area contributed by atoms with Gasteiger partial charge in [-0.2, -0.15) is 0 Å². The van der Waals surface area contributed by atoms with Gasteiger partial charge in [0, 0.05) is 32.6 Å². The maximum atomic E-state index is 13.8. The molecule has 24 heavy (non-hydrogen) atoms. The molecule has 0 atom stereocenters. The van der Waals surface area contributed by atoms with Gasteiger partial charge in [0.05, 0.1) is 5.56 Å². The van der Waals surface area contributed by atoms with Crippen LogP contribution in [-0.2, 0) is 4.79 Å². The summed E-state index contributed by atoms with van der Waals surface area (Å²) in [5.41, 5.74) is -0.486. The van der Waals surface area contributed by atoms with E-state index in [0.717, 1.165) is 25.0 Å². The van der Waals surface area contributed by atoms with E-state index in [1.807, 2.05) is 6.92 Å². The van der Waals surface area contributed by atoms with Crippen molar-refractivity contribution in [3.63, 3.8) is 0 Å². The first-order valence-electron chi connectivity index (χ1n) is 8.16. The Morgan fingerprint density at radius 1 is 1.00 bits per heavy atom. The van der Waals surface area contributed by atoms with Gasteiger partial charge in [-0.3, -0.25) is 9.59 Å². The van der Waals surface area contributed by atoms with Crippen molar-refractivity contribution in [3.8, 4) is 0 Å². The molecule has 1 aliphatic rings. The SMILES string of the molecule is CCCCC(=O)N1CCCN(C(=O)c2ccc(F)c(F)c2F)CC1. The lowest BCUT2D eigenvalue weighted by Gasteiger charge is -2.22. The third kappa shape index (κ3) is 4.07. The molecule has 0 unspecified atom stereocenters. The van der Waals surface area contributed by atoms with E-state index >= 15 is 0 Å². The lowest BCUT2D eigenvalue weighted by molar-refractivity contribution is -0.131. The zero-order valence-electron chi connectivity index (χ0n) is 13.7. The molecule has 0 aromatic heterocycles. The molecule has 1 aromatic carbocycles. The lowest BCUT2D eigenvalue weighted by atomic mass is 10.1. The molecule has 0 N–H and O–H groups in total. The van der Waals surface area contributed by atoms with E-state index in [1.54, 1.807) is 4.90 Å². The van der Waals surface area contributed by atoms with Crippen LogP contribution in [0.3, 0.4) is 0 Å². The third-order valence-electron chi connectivity index (χ3n) is 4.15. The normalized spacial score (nSPS) is 15.3. The summed E-state index contributed by atoms with van der Waals surface area (Å²) in [6.45, 7) is 3.49. The molecule has 0 spiro atoms. The number of carbonyl (C=O) groups excluding carboxylic acids is 2. The highest BCUT2D eigenvalue weighted by Crippen LogP contribution is 2.18. The average molecular weight is 342 g/mol. The van der Waals surface area contributed by atoms with E-state index < -0.39 is 28.9 Å². The van der Waals surface area contributed by atoms with Crippen LogP contribution >= 0.6 is 0 Å². The standard InChI is InChI=1S/C17H21F3N2O2/c1-2-3-5-14(23)21-8-4-9-22(11-10-21)17(24)12-6-7-13(18)16(20)15(12)19/h6-7H,2-5,8-11H2,1H3. The summed E-state index contributed by atoms with van der Waals surface area (Å²) in [5, 5.41) is 0. The van der Waals surface area contributed by atoms with Crippen LogP contribution < -0.4 is 0 Å². The number of rotatable bonds is 4. The van der Waals surface area contributed by atoms with Crippen molar-refractivity contribution in [2.45, 2.75) is 32.6 Å². The van der Waals surface area contributed by atoms with Gasteiger partial charge in [0.25, 0.3) is 5.91 Å². The fourth-order valence-electron chi connectivity index (χ4n) is 2.72. The minimum atomic E-state index is -1.65. The van der Waals surface area contributed by atoms with Crippen LogP contribution in [0.15, 0.2) is 12.1 Å². The van der Waals surface area contributed by atoms with E-state index in [-0.39, 0.29) is 12.5 Å². The van der Waals surface area contributed by atoms with Crippen molar-refractivity contribution in [3.05, 3.63) is 35.1 Å². The number of halogens is 3. The van der Waals surface area contributed by atoms with Crippen molar-refractivity contribution < 1.29 is 22.8 Å². The fourth-order valence-corrected chi connectivity index (χ4v) is 2.72. The van der Waals surface area contributed by atoms with Crippen LogP contribution in [-0.4, -0.2) is 47.8 Å². The highest BCUT2D eigenvalue weighted by molar-refractivity contribution is 5.94. The molecule has 1 saturated heterocycles. The van der Waals surface area contributed by atoms with Gasteiger partial charge in [0.2, 0.25) is 5.91 Å². The van der Waals surface area contributed by atoms with Gasteiger partial charge in [-0.15, -0.1) is 0 Å². The molecular formula is C17H21F3N2O2. The predicted octanol–water partition coefficient (Wildman–Crippen LogP) is 2.97. The van der Waals surface area contributed by atoms with Crippen LogP contribution in [0, 0.1) is 17.5 Å². The highest BCUT2D eigenvalue weighted by Gasteiger charge is 2.26.